The van der Waals surface area contributed by atoms with Crippen molar-refractivity contribution in [3.05, 3.63) is 0 Å². The molecule has 0 amide bonds. The monoisotopic (exact) mass is 444 g/mol. The topological polar surface area (TPSA) is 64.3 Å². The van der Waals surface area contributed by atoms with Gasteiger partial charge in [-0.15, -0.1) is 0 Å². The highest BCUT2D eigenvalue weighted by Gasteiger charge is 2.60. The second-order valence-electron chi connectivity index (χ2n) is 13.0. The Bertz CT molecular complexity index is 697. The molecule has 4 heteroatoms. The Morgan fingerprint density at radius 1 is 1.03 bits per heavy atom. The zero-order valence-corrected chi connectivity index (χ0v) is 20.9. The number of hydrogen-bond donors (Lipinski definition) is 2. The van der Waals surface area contributed by atoms with Gasteiger partial charge in [0.15, 0.2) is 0 Å². The molecule has 5 aliphatic rings. The van der Waals surface area contributed by atoms with Gasteiger partial charge >= 0.3 is 5.97 Å². The SMILES string of the molecule is C[C@H](CC1CCOC1=O)C1CCC2C3CC[C@H]4C[C@@H](NCCN)CC[C@]4(C)C3CC[C@@]21C. The smallest absolute Gasteiger partial charge is 0.309 e. The van der Waals surface area contributed by atoms with E-state index in [1.807, 2.05) is 0 Å². The fraction of sp³-hybridized carbons (Fsp3) is 0.964. The van der Waals surface area contributed by atoms with Crippen LogP contribution >= 0.6 is 0 Å². The highest BCUT2D eigenvalue weighted by Crippen LogP contribution is 2.68. The summed E-state index contributed by atoms with van der Waals surface area (Å²) in [7, 11) is 0. The molecule has 3 N–H and O–H groups in total. The molecule has 0 spiro atoms. The lowest BCUT2D eigenvalue weighted by molar-refractivity contribution is -0.142. The van der Waals surface area contributed by atoms with Crippen molar-refractivity contribution in [3.63, 3.8) is 0 Å². The van der Waals surface area contributed by atoms with Crippen LogP contribution in [0.2, 0.25) is 0 Å². The molecule has 1 heterocycles. The Kier molecular flexibility index (Phi) is 6.42. The fourth-order valence-corrected chi connectivity index (χ4v) is 10.1. The fourth-order valence-electron chi connectivity index (χ4n) is 10.1. The van der Waals surface area contributed by atoms with Gasteiger partial charge in [0.2, 0.25) is 0 Å². The molecule has 0 bridgehead atoms. The van der Waals surface area contributed by atoms with Crippen LogP contribution in [-0.2, 0) is 9.53 Å². The van der Waals surface area contributed by atoms with Crippen molar-refractivity contribution in [2.45, 2.75) is 97.4 Å². The molecule has 10 atom stereocenters. The average Bonchev–Trinajstić information content (AvgIpc) is 3.34. The van der Waals surface area contributed by atoms with Crippen LogP contribution in [0, 0.1) is 52.3 Å². The Labute approximate surface area is 196 Å². The van der Waals surface area contributed by atoms with Crippen LogP contribution in [0.3, 0.4) is 0 Å². The maximum atomic E-state index is 12.1. The van der Waals surface area contributed by atoms with Crippen molar-refractivity contribution < 1.29 is 9.53 Å². The van der Waals surface area contributed by atoms with Gasteiger partial charge in [0, 0.05) is 19.1 Å². The highest BCUT2D eigenvalue weighted by atomic mass is 16.5. The Morgan fingerprint density at radius 2 is 1.81 bits per heavy atom. The molecule has 5 unspecified atom stereocenters. The maximum Gasteiger partial charge on any atom is 0.309 e. The van der Waals surface area contributed by atoms with E-state index >= 15 is 0 Å². The van der Waals surface area contributed by atoms with Crippen LogP contribution in [0.4, 0.5) is 0 Å². The van der Waals surface area contributed by atoms with Crippen LogP contribution in [0.5, 0.6) is 0 Å². The third-order valence-corrected chi connectivity index (χ3v) is 11.7. The molecule has 5 rings (SSSR count). The molecule has 0 aromatic rings. The number of fused-ring (bicyclic) bond motifs is 5. The second-order valence-corrected chi connectivity index (χ2v) is 13.0. The van der Waals surface area contributed by atoms with Gasteiger partial charge in [0.1, 0.15) is 0 Å². The van der Waals surface area contributed by atoms with Gasteiger partial charge in [-0.1, -0.05) is 20.8 Å². The summed E-state index contributed by atoms with van der Waals surface area (Å²) in [5, 5.41) is 3.73. The first-order valence-corrected chi connectivity index (χ1v) is 14.0. The maximum absolute atomic E-state index is 12.1. The van der Waals surface area contributed by atoms with E-state index in [1.54, 1.807) is 0 Å². The summed E-state index contributed by atoms with van der Waals surface area (Å²) in [4.78, 5) is 12.1. The van der Waals surface area contributed by atoms with E-state index in [2.05, 4.69) is 26.1 Å². The Morgan fingerprint density at radius 3 is 2.56 bits per heavy atom. The zero-order valence-electron chi connectivity index (χ0n) is 20.9. The van der Waals surface area contributed by atoms with Crippen LogP contribution in [0.25, 0.3) is 0 Å². The van der Waals surface area contributed by atoms with E-state index in [9.17, 15) is 4.79 Å². The Balaban J connectivity index is 1.27. The lowest BCUT2D eigenvalue weighted by Gasteiger charge is -2.61. The number of nitrogens with one attached hydrogen (secondary N) is 1. The molecule has 0 aromatic heterocycles. The number of rotatable bonds is 6. The van der Waals surface area contributed by atoms with Gasteiger partial charge < -0.3 is 15.8 Å². The lowest BCUT2D eigenvalue weighted by Crippen LogP contribution is -2.55. The zero-order chi connectivity index (χ0) is 22.5. The molecule has 0 radical (unpaired) electrons. The van der Waals surface area contributed by atoms with E-state index < -0.39 is 0 Å². The quantitative estimate of drug-likeness (QED) is 0.556. The van der Waals surface area contributed by atoms with E-state index in [0.717, 1.165) is 55.5 Å². The summed E-state index contributed by atoms with van der Waals surface area (Å²) in [6.07, 6.45) is 14.7. The summed E-state index contributed by atoms with van der Waals surface area (Å²) >= 11 is 0. The van der Waals surface area contributed by atoms with Gasteiger partial charge in [0.05, 0.1) is 12.5 Å². The standard InChI is InChI=1S/C28H48N2O2/c1-18(16-19-10-15-32-26(19)31)23-6-7-24-22-5-4-20-17-21(30-14-13-29)8-11-27(20,2)25(22)9-12-28(23,24)3/h18-25,30H,4-17,29H2,1-3H3/t18-,19?,20+,21+,22?,23?,24?,25?,27+,28-/m1/s1. The average molecular weight is 445 g/mol. The second kappa shape index (κ2) is 8.87. The summed E-state index contributed by atoms with van der Waals surface area (Å²) in [6, 6.07) is 0.695. The van der Waals surface area contributed by atoms with Gasteiger partial charge in [-0.3, -0.25) is 4.79 Å². The molecule has 4 nitrogen and oxygen atoms in total. The molecule has 5 fully saturated rings. The number of nitrogens with two attached hydrogens (primary N) is 1. The summed E-state index contributed by atoms with van der Waals surface area (Å²) in [5.74, 6) is 5.38. The molecule has 1 saturated heterocycles. The molecule has 182 valence electrons. The first kappa shape index (κ1) is 23.1. The third-order valence-electron chi connectivity index (χ3n) is 11.7. The van der Waals surface area contributed by atoms with E-state index in [0.29, 0.717) is 29.4 Å². The van der Waals surface area contributed by atoms with Crippen molar-refractivity contribution in [2.24, 2.45) is 58.0 Å². The Hall–Kier alpha value is -0.610. The normalized spacial score (nSPS) is 49.1. The van der Waals surface area contributed by atoms with E-state index in [1.165, 1.54) is 57.8 Å². The highest BCUT2D eigenvalue weighted by molar-refractivity contribution is 5.74. The largest absolute Gasteiger partial charge is 0.465 e. The van der Waals surface area contributed by atoms with Crippen molar-refractivity contribution >= 4 is 5.97 Å². The van der Waals surface area contributed by atoms with Gasteiger partial charge in [-0.05, 0) is 117 Å². The number of carbonyl (C=O) groups is 1. The third kappa shape index (κ3) is 3.76. The van der Waals surface area contributed by atoms with Crippen molar-refractivity contribution in [1.29, 1.82) is 0 Å². The van der Waals surface area contributed by atoms with E-state index in [-0.39, 0.29) is 11.9 Å². The van der Waals surface area contributed by atoms with Crippen LogP contribution in [0.1, 0.15) is 91.4 Å². The number of ether oxygens (including phenoxy) is 1. The number of carbonyl (C=O) groups excluding carboxylic acids is 1. The van der Waals surface area contributed by atoms with Crippen LogP contribution < -0.4 is 11.1 Å². The minimum atomic E-state index is 0.0723. The number of hydrogen-bond acceptors (Lipinski definition) is 4. The summed E-state index contributed by atoms with van der Waals surface area (Å²) in [5.41, 5.74) is 6.80. The van der Waals surface area contributed by atoms with Gasteiger partial charge in [0.25, 0.3) is 0 Å². The van der Waals surface area contributed by atoms with Crippen LogP contribution in [-0.4, -0.2) is 31.7 Å². The minimum Gasteiger partial charge on any atom is -0.465 e. The van der Waals surface area contributed by atoms with Gasteiger partial charge in [-0.25, -0.2) is 0 Å². The molecular formula is C28H48N2O2. The molecule has 32 heavy (non-hydrogen) atoms. The van der Waals surface area contributed by atoms with E-state index in [4.69, 9.17) is 10.5 Å². The predicted molar refractivity (Wildman–Crippen MR) is 129 cm³/mol. The van der Waals surface area contributed by atoms with Crippen molar-refractivity contribution in [1.82, 2.24) is 5.32 Å². The summed E-state index contributed by atoms with van der Waals surface area (Å²) < 4.78 is 5.27. The molecule has 0 aromatic carbocycles. The first-order valence-electron chi connectivity index (χ1n) is 14.0. The molecule has 4 saturated carbocycles. The van der Waals surface area contributed by atoms with Crippen molar-refractivity contribution in [2.75, 3.05) is 19.7 Å². The molecule has 1 aliphatic heterocycles. The van der Waals surface area contributed by atoms with Gasteiger partial charge in [-0.2, -0.15) is 0 Å². The first-order chi connectivity index (χ1) is 15.4. The molecular weight excluding hydrogens is 396 g/mol. The lowest BCUT2D eigenvalue weighted by atomic mass is 9.44. The minimum absolute atomic E-state index is 0.0723. The predicted octanol–water partition coefficient (Wildman–Crippen LogP) is 5.15. The molecule has 4 aliphatic carbocycles. The summed E-state index contributed by atoms with van der Waals surface area (Å²) in [6.45, 7) is 10.1. The van der Waals surface area contributed by atoms with Crippen LogP contribution in [0.15, 0.2) is 0 Å². The van der Waals surface area contributed by atoms with Crippen molar-refractivity contribution in [3.8, 4) is 0 Å². The number of esters is 1. The number of cyclic esters (lactones) is 1.